The first-order chi connectivity index (χ1) is 10.5. The van der Waals surface area contributed by atoms with Gasteiger partial charge >= 0.3 is 0 Å². The van der Waals surface area contributed by atoms with Gasteiger partial charge in [0.1, 0.15) is 0 Å². The van der Waals surface area contributed by atoms with Crippen LogP contribution < -0.4 is 14.8 Å². The summed E-state index contributed by atoms with van der Waals surface area (Å²) in [5, 5.41) is 2.37. The molecule has 1 amide bonds. The second-order valence-corrected chi connectivity index (χ2v) is 4.25. The summed E-state index contributed by atoms with van der Waals surface area (Å²) in [6.07, 6.45) is 0. The monoisotopic (exact) mass is 311 g/mol. The van der Waals surface area contributed by atoms with E-state index < -0.39 is 28.9 Å². The number of halogens is 3. The fourth-order valence-corrected chi connectivity index (χ4v) is 1.81. The largest absolute Gasteiger partial charge is 0.493 e. The number of amides is 1. The molecule has 22 heavy (non-hydrogen) atoms. The molecule has 0 atom stereocenters. The first kappa shape index (κ1) is 15.7. The summed E-state index contributed by atoms with van der Waals surface area (Å²) in [6, 6.07) is 6.04. The van der Waals surface area contributed by atoms with Crippen LogP contribution >= 0.6 is 0 Å². The molecular formula is C15H12F3NO3. The SMILES string of the molecule is COc1ccc(NC(=O)c2ccc(F)c(F)c2F)cc1OC. The van der Waals surface area contributed by atoms with E-state index in [4.69, 9.17) is 9.47 Å². The van der Waals surface area contributed by atoms with E-state index >= 15 is 0 Å². The molecule has 0 unspecified atom stereocenters. The highest BCUT2D eigenvalue weighted by Crippen LogP contribution is 2.30. The van der Waals surface area contributed by atoms with Gasteiger partial charge in [-0.2, -0.15) is 0 Å². The molecule has 2 aromatic rings. The molecular weight excluding hydrogens is 299 g/mol. The second kappa shape index (κ2) is 6.38. The van der Waals surface area contributed by atoms with Crippen molar-refractivity contribution in [1.29, 1.82) is 0 Å². The number of hydrogen-bond acceptors (Lipinski definition) is 3. The fourth-order valence-electron chi connectivity index (χ4n) is 1.81. The van der Waals surface area contributed by atoms with E-state index in [1.54, 1.807) is 0 Å². The zero-order valence-corrected chi connectivity index (χ0v) is 11.7. The minimum Gasteiger partial charge on any atom is -0.493 e. The summed E-state index contributed by atoms with van der Waals surface area (Å²) in [6.45, 7) is 0. The van der Waals surface area contributed by atoms with E-state index in [0.29, 0.717) is 17.6 Å². The van der Waals surface area contributed by atoms with Crippen molar-refractivity contribution >= 4 is 11.6 Å². The molecule has 0 saturated carbocycles. The predicted molar refractivity (Wildman–Crippen MR) is 73.8 cm³/mol. The minimum absolute atomic E-state index is 0.284. The Morgan fingerprint density at radius 2 is 1.64 bits per heavy atom. The van der Waals surface area contributed by atoms with Crippen LogP contribution in [0.25, 0.3) is 0 Å². The second-order valence-electron chi connectivity index (χ2n) is 4.25. The highest BCUT2D eigenvalue weighted by Gasteiger charge is 2.19. The van der Waals surface area contributed by atoms with E-state index in [2.05, 4.69) is 5.32 Å². The zero-order chi connectivity index (χ0) is 16.3. The maximum absolute atomic E-state index is 13.6. The van der Waals surface area contributed by atoms with Gasteiger partial charge in [0.05, 0.1) is 19.8 Å². The van der Waals surface area contributed by atoms with Gasteiger partial charge < -0.3 is 14.8 Å². The number of ether oxygens (including phenoxy) is 2. The molecule has 2 rings (SSSR count). The third-order valence-corrected chi connectivity index (χ3v) is 2.92. The van der Waals surface area contributed by atoms with Gasteiger partial charge in [-0.3, -0.25) is 4.79 Å². The molecule has 0 aliphatic rings. The van der Waals surface area contributed by atoms with E-state index in [1.807, 2.05) is 0 Å². The number of anilines is 1. The predicted octanol–water partition coefficient (Wildman–Crippen LogP) is 3.37. The lowest BCUT2D eigenvalue weighted by atomic mass is 10.1. The molecule has 0 aromatic heterocycles. The lowest BCUT2D eigenvalue weighted by Crippen LogP contribution is -2.15. The van der Waals surface area contributed by atoms with Crippen LogP contribution in [0.2, 0.25) is 0 Å². The quantitative estimate of drug-likeness (QED) is 0.881. The number of benzene rings is 2. The van der Waals surface area contributed by atoms with E-state index in [-0.39, 0.29) is 5.69 Å². The summed E-state index contributed by atoms with van der Waals surface area (Å²) in [5.74, 6) is -4.72. The molecule has 116 valence electrons. The normalized spacial score (nSPS) is 10.2. The number of nitrogens with one attached hydrogen (secondary N) is 1. The van der Waals surface area contributed by atoms with Crippen LogP contribution in [0.15, 0.2) is 30.3 Å². The molecule has 7 heteroatoms. The van der Waals surface area contributed by atoms with Crippen LogP contribution in [0.3, 0.4) is 0 Å². The first-order valence-corrected chi connectivity index (χ1v) is 6.14. The number of methoxy groups -OCH3 is 2. The van der Waals surface area contributed by atoms with Gasteiger partial charge in [-0.25, -0.2) is 13.2 Å². The number of carbonyl (C=O) groups is 1. The van der Waals surface area contributed by atoms with Crippen LogP contribution in [-0.4, -0.2) is 20.1 Å². The molecule has 0 saturated heterocycles. The van der Waals surface area contributed by atoms with E-state index in [0.717, 1.165) is 6.07 Å². The molecule has 4 nitrogen and oxygen atoms in total. The third-order valence-electron chi connectivity index (χ3n) is 2.92. The standard InChI is InChI=1S/C15H12F3NO3/c1-21-11-6-3-8(7-12(11)22-2)19-15(20)9-4-5-10(16)14(18)13(9)17/h3-7H,1-2H3,(H,19,20). The fraction of sp³-hybridized carbons (Fsp3) is 0.133. The average Bonchev–Trinajstić information content (AvgIpc) is 2.52. The molecule has 0 radical (unpaired) electrons. The number of carbonyl (C=O) groups excluding carboxylic acids is 1. The van der Waals surface area contributed by atoms with Crippen molar-refractivity contribution in [3.63, 3.8) is 0 Å². The van der Waals surface area contributed by atoms with Gasteiger partial charge in [-0.1, -0.05) is 0 Å². The molecule has 1 N–H and O–H groups in total. The van der Waals surface area contributed by atoms with Crippen molar-refractivity contribution in [2.45, 2.75) is 0 Å². The van der Waals surface area contributed by atoms with E-state index in [9.17, 15) is 18.0 Å². The number of hydrogen-bond donors (Lipinski definition) is 1. The lowest BCUT2D eigenvalue weighted by molar-refractivity contribution is 0.102. The average molecular weight is 311 g/mol. The van der Waals surface area contributed by atoms with Crippen molar-refractivity contribution in [3.05, 3.63) is 53.3 Å². The molecule has 0 fully saturated rings. The Kier molecular flexibility index (Phi) is 4.55. The van der Waals surface area contributed by atoms with Crippen molar-refractivity contribution in [2.24, 2.45) is 0 Å². The highest BCUT2D eigenvalue weighted by atomic mass is 19.2. The molecule has 0 aliphatic heterocycles. The summed E-state index contributed by atoms with van der Waals surface area (Å²) >= 11 is 0. The van der Waals surface area contributed by atoms with Gasteiger partial charge in [-0.05, 0) is 24.3 Å². The van der Waals surface area contributed by atoms with Crippen LogP contribution in [0, 0.1) is 17.5 Å². The summed E-state index contributed by atoms with van der Waals surface area (Å²) in [4.78, 5) is 11.9. The zero-order valence-electron chi connectivity index (χ0n) is 11.7. The molecule has 0 spiro atoms. The van der Waals surface area contributed by atoms with Crippen molar-refractivity contribution < 1.29 is 27.4 Å². The Labute approximate surface area is 124 Å². The smallest absolute Gasteiger partial charge is 0.258 e. The van der Waals surface area contributed by atoms with E-state index in [1.165, 1.54) is 32.4 Å². The number of rotatable bonds is 4. The van der Waals surface area contributed by atoms with Crippen LogP contribution in [-0.2, 0) is 0 Å². The Morgan fingerprint density at radius 1 is 0.955 bits per heavy atom. The highest BCUT2D eigenvalue weighted by molar-refractivity contribution is 6.04. The molecule has 2 aromatic carbocycles. The third kappa shape index (κ3) is 2.98. The lowest BCUT2D eigenvalue weighted by Gasteiger charge is -2.11. The molecule has 0 bridgehead atoms. The summed E-state index contributed by atoms with van der Waals surface area (Å²) in [7, 11) is 2.87. The van der Waals surface area contributed by atoms with Crippen LogP contribution in [0.5, 0.6) is 11.5 Å². The Bertz CT molecular complexity index is 719. The topological polar surface area (TPSA) is 47.6 Å². The summed E-state index contributed by atoms with van der Waals surface area (Å²) < 4.78 is 49.7. The Morgan fingerprint density at radius 3 is 2.27 bits per heavy atom. The minimum atomic E-state index is -1.69. The van der Waals surface area contributed by atoms with Gasteiger partial charge in [0.2, 0.25) is 0 Å². The van der Waals surface area contributed by atoms with Crippen LogP contribution in [0.4, 0.5) is 18.9 Å². The van der Waals surface area contributed by atoms with Gasteiger partial charge in [-0.15, -0.1) is 0 Å². The molecule has 0 heterocycles. The summed E-state index contributed by atoms with van der Waals surface area (Å²) in [5.41, 5.74) is -0.319. The Hall–Kier alpha value is -2.70. The first-order valence-electron chi connectivity index (χ1n) is 6.14. The van der Waals surface area contributed by atoms with Gasteiger partial charge in [0.25, 0.3) is 5.91 Å². The van der Waals surface area contributed by atoms with Gasteiger partial charge in [0.15, 0.2) is 29.0 Å². The molecule has 0 aliphatic carbocycles. The van der Waals surface area contributed by atoms with Crippen molar-refractivity contribution in [3.8, 4) is 11.5 Å². The Balaban J connectivity index is 2.28. The maximum Gasteiger partial charge on any atom is 0.258 e. The van der Waals surface area contributed by atoms with Gasteiger partial charge in [0, 0.05) is 11.8 Å². The van der Waals surface area contributed by atoms with Crippen molar-refractivity contribution in [1.82, 2.24) is 0 Å². The van der Waals surface area contributed by atoms with Crippen LogP contribution in [0.1, 0.15) is 10.4 Å². The maximum atomic E-state index is 13.6. The van der Waals surface area contributed by atoms with Crippen molar-refractivity contribution in [2.75, 3.05) is 19.5 Å².